The first kappa shape index (κ1) is 20.0. The van der Waals surface area contributed by atoms with Crippen molar-refractivity contribution >= 4 is 11.5 Å². The second-order valence-corrected chi connectivity index (χ2v) is 5.86. The minimum Gasteiger partial charge on any atom is -0.477 e. The molecular formula is C19H30N4O. The topological polar surface area (TPSA) is 61.0 Å². The first-order valence-electron chi connectivity index (χ1n) is 8.86. The van der Waals surface area contributed by atoms with Crippen molar-refractivity contribution < 1.29 is 4.74 Å². The molecule has 0 radical (unpaired) electrons. The van der Waals surface area contributed by atoms with Crippen LogP contribution in [0.4, 0.5) is 0 Å². The molecule has 0 amide bonds. The number of aliphatic imine (C=N–C) groups is 2. The average Bonchev–Trinajstić information content (AvgIpc) is 2.72. The number of allylic oxidation sites excluding steroid dienone is 3. The van der Waals surface area contributed by atoms with E-state index in [2.05, 4.69) is 29.8 Å². The standard InChI is InChI=1S/C19H30N4O/c1-6-9-11-23(10-7-2)18-14-21-16(5)17(12-15(4)13-20)19(22-18)24-8-3/h12H,6-11,14H2,1-5H3/b15-12-. The Hall–Kier alpha value is -2.09. The van der Waals surface area contributed by atoms with Crippen LogP contribution in [0.2, 0.25) is 0 Å². The van der Waals surface area contributed by atoms with E-state index in [-0.39, 0.29) is 0 Å². The van der Waals surface area contributed by atoms with Gasteiger partial charge in [0.15, 0.2) is 0 Å². The zero-order valence-electron chi connectivity index (χ0n) is 15.7. The van der Waals surface area contributed by atoms with Gasteiger partial charge >= 0.3 is 0 Å². The maximum atomic E-state index is 9.08. The summed E-state index contributed by atoms with van der Waals surface area (Å²) >= 11 is 0. The molecule has 1 rings (SSSR count). The Kier molecular flexibility index (Phi) is 8.85. The van der Waals surface area contributed by atoms with Crippen LogP contribution in [0.3, 0.4) is 0 Å². The number of hydrogen-bond donors (Lipinski definition) is 0. The van der Waals surface area contributed by atoms with E-state index in [0.717, 1.165) is 49.5 Å². The summed E-state index contributed by atoms with van der Waals surface area (Å²) < 4.78 is 5.78. The number of amidine groups is 1. The zero-order valence-corrected chi connectivity index (χ0v) is 15.7. The molecule has 1 aliphatic rings. The van der Waals surface area contributed by atoms with Gasteiger partial charge in [-0.25, -0.2) is 0 Å². The van der Waals surface area contributed by atoms with Crippen LogP contribution in [0, 0.1) is 11.3 Å². The van der Waals surface area contributed by atoms with Gasteiger partial charge in [-0.3, -0.25) is 4.99 Å². The highest BCUT2D eigenvalue weighted by Crippen LogP contribution is 2.18. The molecule has 0 aliphatic carbocycles. The van der Waals surface area contributed by atoms with Crippen LogP contribution in [0.25, 0.3) is 0 Å². The van der Waals surface area contributed by atoms with Gasteiger partial charge in [-0.15, -0.1) is 0 Å². The summed E-state index contributed by atoms with van der Waals surface area (Å²) in [7, 11) is 0. The highest BCUT2D eigenvalue weighted by atomic mass is 16.5. The Morgan fingerprint density at radius 2 is 2.04 bits per heavy atom. The van der Waals surface area contributed by atoms with Crippen LogP contribution >= 0.6 is 0 Å². The van der Waals surface area contributed by atoms with Crippen molar-refractivity contribution in [1.82, 2.24) is 4.90 Å². The molecule has 24 heavy (non-hydrogen) atoms. The third-order valence-corrected chi connectivity index (χ3v) is 3.77. The Bertz CT molecular complexity index is 579. The van der Waals surface area contributed by atoms with Gasteiger partial charge < -0.3 is 9.64 Å². The molecule has 0 aromatic heterocycles. The third kappa shape index (κ3) is 5.84. The molecule has 1 aliphatic heterocycles. The van der Waals surface area contributed by atoms with E-state index in [1.165, 1.54) is 0 Å². The first-order chi connectivity index (χ1) is 11.6. The van der Waals surface area contributed by atoms with Crippen molar-refractivity contribution in [2.24, 2.45) is 9.98 Å². The lowest BCUT2D eigenvalue weighted by molar-refractivity contribution is 0.224. The summed E-state index contributed by atoms with van der Waals surface area (Å²) in [4.78, 5) is 11.8. The fraction of sp³-hybridized carbons (Fsp3) is 0.632. The SMILES string of the molecule is CCCCN(CCC)C1=NC(OCC)=C(/C=C(/C)C#N)C(C)=NC1. The molecular weight excluding hydrogens is 300 g/mol. The molecule has 0 saturated carbocycles. The number of rotatable bonds is 8. The zero-order chi connectivity index (χ0) is 17.9. The smallest absolute Gasteiger partial charge is 0.224 e. The van der Waals surface area contributed by atoms with E-state index in [1.807, 2.05) is 19.9 Å². The average molecular weight is 330 g/mol. The summed E-state index contributed by atoms with van der Waals surface area (Å²) in [5, 5.41) is 9.08. The predicted octanol–water partition coefficient (Wildman–Crippen LogP) is 4.09. The highest BCUT2D eigenvalue weighted by molar-refractivity contribution is 6.04. The van der Waals surface area contributed by atoms with Crippen LogP contribution in [-0.4, -0.2) is 42.7 Å². The number of hydrogen-bond acceptors (Lipinski definition) is 5. The van der Waals surface area contributed by atoms with Gasteiger partial charge in [0, 0.05) is 24.4 Å². The normalized spacial score (nSPS) is 15.4. The van der Waals surface area contributed by atoms with E-state index in [0.29, 0.717) is 24.6 Å². The summed E-state index contributed by atoms with van der Waals surface area (Å²) in [6.07, 6.45) is 5.17. The van der Waals surface area contributed by atoms with Crippen molar-refractivity contribution in [2.75, 3.05) is 26.2 Å². The van der Waals surface area contributed by atoms with Gasteiger partial charge in [-0.2, -0.15) is 10.3 Å². The van der Waals surface area contributed by atoms with Crippen molar-refractivity contribution in [3.8, 4) is 6.07 Å². The van der Waals surface area contributed by atoms with E-state index in [4.69, 9.17) is 15.0 Å². The van der Waals surface area contributed by atoms with Gasteiger partial charge in [0.2, 0.25) is 5.88 Å². The molecule has 0 aromatic rings. The van der Waals surface area contributed by atoms with Gasteiger partial charge in [0.1, 0.15) is 5.84 Å². The quantitative estimate of drug-likeness (QED) is 0.630. The van der Waals surface area contributed by atoms with Gasteiger partial charge in [0.05, 0.1) is 24.8 Å². The van der Waals surface area contributed by atoms with Gasteiger partial charge in [-0.05, 0) is 39.7 Å². The van der Waals surface area contributed by atoms with Crippen molar-refractivity contribution in [2.45, 2.75) is 53.9 Å². The molecule has 5 nitrogen and oxygen atoms in total. The number of unbranched alkanes of at least 4 members (excludes halogenated alkanes) is 1. The predicted molar refractivity (Wildman–Crippen MR) is 100 cm³/mol. The van der Waals surface area contributed by atoms with Crippen LogP contribution < -0.4 is 0 Å². The molecule has 0 aromatic carbocycles. The second kappa shape index (κ2) is 10.6. The van der Waals surface area contributed by atoms with Crippen LogP contribution in [-0.2, 0) is 4.74 Å². The maximum absolute atomic E-state index is 9.08. The molecule has 5 heteroatoms. The van der Waals surface area contributed by atoms with Crippen LogP contribution in [0.15, 0.2) is 33.1 Å². The van der Waals surface area contributed by atoms with E-state index in [9.17, 15) is 0 Å². The minimum atomic E-state index is 0.533. The maximum Gasteiger partial charge on any atom is 0.224 e. The summed E-state index contributed by atoms with van der Waals surface area (Å²) in [6, 6.07) is 2.16. The molecule has 132 valence electrons. The van der Waals surface area contributed by atoms with Crippen molar-refractivity contribution in [3.63, 3.8) is 0 Å². The lowest BCUT2D eigenvalue weighted by Gasteiger charge is -2.24. The number of nitrogens with zero attached hydrogens (tertiary/aromatic N) is 4. The molecule has 0 atom stereocenters. The second-order valence-electron chi connectivity index (χ2n) is 5.86. The van der Waals surface area contributed by atoms with Gasteiger partial charge in [-0.1, -0.05) is 20.3 Å². The van der Waals surface area contributed by atoms with Crippen LogP contribution in [0.5, 0.6) is 0 Å². The molecule has 0 bridgehead atoms. The van der Waals surface area contributed by atoms with Crippen molar-refractivity contribution in [3.05, 3.63) is 23.1 Å². The highest BCUT2D eigenvalue weighted by Gasteiger charge is 2.18. The summed E-state index contributed by atoms with van der Waals surface area (Å²) in [5.41, 5.74) is 2.28. The number of ether oxygens (including phenoxy) is 1. The number of nitriles is 1. The van der Waals surface area contributed by atoms with Gasteiger partial charge in [0.25, 0.3) is 0 Å². The first-order valence-corrected chi connectivity index (χ1v) is 8.86. The molecule has 0 saturated heterocycles. The molecule has 0 N–H and O–H groups in total. The fourth-order valence-corrected chi connectivity index (χ4v) is 2.46. The van der Waals surface area contributed by atoms with E-state index in [1.54, 1.807) is 6.92 Å². The fourth-order valence-electron chi connectivity index (χ4n) is 2.46. The molecule has 0 unspecified atom stereocenters. The monoisotopic (exact) mass is 330 g/mol. The summed E-state index contributed by atoms with van der Waals surface area (Å²) in [6.45, 7) is 13.1. The molecule has 0 fully saturated rings. The molecule has 0 spiro atoms. The Labute approximate surface area is 146 Å². The Morgan fingerprint density at radius 3 is 2.62 bits per heavy atom. The largest absolute Gasteiger partial charge is 0.477 e. The van der Waals surface area contributed by atoms with Crippen molar-refractivity contribution in [1.29, 1.82) is 5.26 Å². The van der Waals surface area contributed by atoms with Crippen LogP contribution in [0.1, 0.15) is 53.9 Å². The Balaban J connectivity index is 3.29. The Morgan fingerprint density at radius 1 is 1.29 bits per heavy atom. The molecule has 1 heterocycles. The van der Waals surface area contributed by atoms with E-state index < -0.39 is 0 Å². The van der Waals surface area contributed by atoms with E-state index >= 15 is 0 Å². The summed E-state index contributed by atoms with van der Waals surface area (Å²) in [5.74, 6) is 1.52. The minimum absolute atomic E-state index is 0.533. The lowest BCUT2D eigenvalue weighted by Crippen LogP contribution is -2.34. The lowest BCUT2D eigenvalue weighted by atomic mass is 10.1. The third-order valence-electron chi connectivity index (χ3n) is 3.77.